The third-order valence-corrected chi connectivity index (χ3v) is 2.64. The van der Waals surface area contributed by atoms with Crippen molar-refractivity contribution in [1.29, 1.82) is 0 Å². The molecule has 5 heteroatoms. The van der Waals surface area contributed by atoms with Gasteiger partial charge < -0.3 is 4.90 Å². The molecule has 2 rings (SSSR count). The molecule has 0 saturated carbocycles. The zero-order valence-electron chi connectivity index (χ0n) is 9.17. The van der Waals surface area contributed by atoms with Crippen LogP contribution in [0.3, 0.4) is 0 Å². The van der Waals surface area contributed by atoms with Crippen LogP contribution in [0.25, 0.3) is 0 Å². The van der Waals surface area contributed by atoms with Gasteiger partial charge in [0.15, 0.2) is 0 Å². The van der Waals surface area contributed by atoms with Crippen LogP contribution in [0, 0.1) is 0 Å². The summed E-state index contributed by atoms with van der Waals surface area (Å²) < 4.78 is 0. The lowest BCUT2D eigenvalue weighted by Crippen LogP contribution is -2.26. The van der Waals surface area contributed by atoms with Gasteiger partial charge in [-0.25, -0.2) is 0 Å². The number of hydrogen-bond donors (Lipinski definition) is 0. The van der Waals surface area contributed by atoms with Crippen molar-refractivity contribution in [2.45, 2.75) is 0 Å². The van der Waals surface area contributed by atoms with Crippen LogP contribution in [0.4, 0.5) is 5.69 Å². The van der Waals surface area contributed by atoms with Gasteiger partial charge in [0.2, 0.25) is 0 Å². The van der Waals surface area contributed by atoms with Crippen molar-refractivity contribution < 1.29 is 4.79 Å². The molecule has 0 aliphatic rings. The number of halogens is 1. The maximum Gasteiger partial charge on any atom is 0.259 e. The van der Waals surface area contributed by atoms with Crippen LogP contribution >= 0.6 is 11.6 Å². The molecule has 0 aromatic carbocycles. The van der Waals surface area contributed by atoms with Crippen molar-refractivity contribution in [2.24, 2.45) is 0 Å². The molecule has 0 aliphatic carbocycles. The molecule has 0 N–H and O–H groups in total. The Kier molecular flexibility index (Phi) is 3.35. The normalized spacial score (nSPS) is 10.0. The zero-order chi connectivity index (χ0) is 12.3. The molecule has 2 aromatic rings. The number of aromatic nitrogens is 2. The first-order valence-corrected chi connectivity index (χ1v) is 5.35. The summed E-state index contributed by atoms with van der Waals surface area (Å²) in [5.41, 5.74) is 1.14. The maximum absolute atomic E-state index is 12.2. The predicted molar refractivity (Wildman–Crippen MR) is 66.2 cm³/mol. The summed E-state index contributed by atoms with van der Waals surface area (Å²) in [7, 11) is 1.68. The lowest BCUT2D eigenvalue weighted by Gasteiger charge is -2.17. The fourth-order valence-corrected chi connectivity index (χ4v) is 1.60. The minimum Gasteiger partial charge on any atom is -0.310 e. The van der Waals surface area contributed by atoms with Gasteiger partial charge in [-0.15, -0.1) is 0 Å². The molecule has 2 aromatic heterocycles. The second-order valence-corrected chi connectivity index (χ2v) is 3.84. The summed E-state index contributed by atoms with van der Waals surface area (Å²) in [4.78, 5) is 21.5. The smallest absolute Gasteiger partial charge is 0.259 e. The molecule has 0 bridgehead atoms. The molecular weight excluding hydrogens is 238 g/mol. The number of hydrogen-bond acceptors (Lipinski definition) is 3. The number of carbonyl (C=O) groups is 1. The minimum absolute atomic E-state index is 0.189. The van der Waals surface area contributed by atoms with Crippen LogP contribution in [0.1, 0.15) is 10.4 Å². The Morgan fingerprint density at radius 3 is 2.65 bits per heavy atom. The summed E-state index contributed by atoms with van der Waals surface area (Å²) in [6.45, 7) is 0. The summed E-state index contributed by atoms with van der Waals surface area (Å²) in [5.74, 6) is -0.189. The van der Waals surface area contributed by atoms with E-state index in [9.17, 15) is 4.79 Å². The molecule has 4 nitrogen and oxygen atoms in total. The van der Waals surface area contributed by atoms with E-state index in [4.69, 9.17) is 11.6 Å². The van der Waals surface area contributed by atoms with E-state index in [0.717, 1.165) is 0 Å². The first kappa shape index (κ1) is 11.5. The summed E-state index contributed by atoms with van der Waals surface area (Å²) in [5, 5.41) is 0.341. The molecule has 1 amide bonds. The van der Waals surface area contributed by atoms with Crippen molar-refractivity contribution in [3.63, 3.8) is 0 Å². The Hall–Kier alpha value is -1.94. The topological polar surface area (TPSA) is 46.1 Å². The number of carbonyl (C=O) groups excluding carboxylic acids is 1. The van der Waals surface area contributed by atoms with Crippen molar-refractivity contribution in [1.82, 2.24) is 9.97 Å². The van der Waals surface area contributed by atoms with Crippen LogP contribution in [-0.4, -0.2) is 22.9 Å². The molecule has 0 fully saturated rings. The Labute approximate surface area is 104 Å². The van der Waals surface area contributed by atoms with Crippen molar-refractivity contribution in [2.75, 3.05) is 11.9 Å². The van der Waals surface area contributed by atoms with Crippen molar-refractivity contribution in [3.05, 3.63) is 53.6 Å². The van der Waals surface area contributed by atoms with E-state index in [-0.39, 0.29) is 5.91 Å². The molecule has 17 heavy (non-hydrogen) atoms. The zero-order valence-corrected chi connectivity index (χ0v) is 9.93. The molecule has 0 aliphatic heterocycles. The average Bonchev–Trinajstić information content (AvgIpc) is 2.39. The van der Waals surface area contributed by atoms with Crippen molar-refractivity contribution >= 4 is 23.2 Å². The van der Waals surface area contributed by atoms with Gasteiger partial charge in [0.25, 0.3) is 5.91 Å². The number of anilines is 1. The van der Waals surface area contributed by atoms with E-state index in [1.807, 2.05) is 0 Å². The van der Waals surface area contributed by atoms with Gasteiger partial charge in [-0.05, 0) is 18.2 Å². The largest absolute Gasteiger partial charge is 0.310 e. The van der Waals surface area contributed by atoms with E-state index >= 15 is 0 Å². The van der Waals surface area contributed by atoms with E-state index in [0.29, 0.717) is 16.3 Å². The third kappa shape index (κ3) is 2.42. The molecule has 86 valence electrons. The standard InChI is InChI=1S/C12H10ClN3O/c1-16(9-3-2-5-14-7-9)12(17)10-4-6-15-8-11(10)13/h2-8H,1H3. The molecule has 0 saturated heterocycles. The lowest BCUT2D eigenvalue weighted by molar-refractivity contribution is 0.0993. The molecule has 0 radical (unpaired) electrons. The van der Waals surface area contributed by atoms with E-state index < -0.39 is 0 Å². The van der Waals surface area contributed by atoms with Gasteiger partial charge in [0.1, 0.15) is 0 Å². The third-order valence-electron chi connectivity index (χ3n) is 2.34. The molecule has 0 unspecified atom stereocenters. The Morgan fingerprint density at radius 2 is 2.00 bits per heavy atom. The van der Waals surface area contributed by atoms with Crippen LogP contribution in [0.5, 0.6) is 0 Å². The van der Waals surface area contributed by atoms with Crippen LogP contribution in [0.15, 0.2) is 43.0 Å². The lowest BCUT2D eigenvalue weighted by atomic mass is 10.2. The Morgan fingerprint density at radius 1 is 1.24 bits per heavy atom. The van der Waals surface area contributed by atoms with E-state index in [1.54, 1.807) is 37.6 Å². The van der Waals surface area contributed by atoms with Gasteiger partial charge >= 0.3 is 0 Å². The van der Waals surface area contributed by atoms with Crippen LogP contribution in [0.2, 0.25) is 5.02 Å². The number of nitrogens with zero attached hydrogens (tertiary/aromatic N) is 3. The second-order valence-electron chi connectivity index (χ2n) is 3.43. The highest BCUT2D eigenvalue weighted by molar-refractivity contribution is 6.34. The minimum atomic E-state index is -0.189. The van der Waals surface area contributed by atoms with Gasteiger partial charge in [-0.3, -0.25) is 14.8 Å². The van der Waals surface area contributed by atoms with Crippen LogP contribution in [-0.2, 0) is 0 Å². The SMILES string of the molecule is CN(C(=O)c1ccncc1Cl)c1cccnc1. The van der Waals surface area contributed by atoms with E-state index in [2.05, 4.69) is 9.97 Å². The molecule has 0 atom stereocenters. The quantitative estimate of drug-likeness (QED) is 0.819. The van der Waals surface area contributed by atoms with E-state index in [1.165, 1.54) is 17.3 Å². The average molecular weight is 248 g/mol. The van der Waals surface area contributed by atoms with Gasteiger partial charge in [-0.2, -0.15) is 0 Å². The number of amides is 1. The second kappa shape index (κ2) is 4.93. The molecular formula is C12H10ClN3O. The predicted octanol–water partition coefficient (Wildman–Crippen LogP) is 2.41. The highest BCUT2D eigenvalue weighted by Gasteiger charge is 2.16. The summed E-state index contributed by atoms with van der Waals surface area (Å²) >= 11 is 5.93. The summed E-state index contributed by atoms with van der Waals surface area (Å²) in [6, 6.07) is 5.17. The van der Waals surface area contributed by atoms with Crippen LogP contribution < -0.4 is 4.90 Å². The highest BCUT2D eigenvalue weighted by atomic mass is 35.5. The monoisotopic (exact) mass is 247 g/mol. The number of rotatable bonds is 2. The molecule has 0 spiro atoms. The summed E-state index contributed by atoms with van der Waals surface area (Å²) in [6.07, 6.45) is 6.26. The Bertz CT molecular complexity index is 530. The first-order chi connectivity index (χ1) is 8.20. The highest BCUT2D eigenvalue weighted by Crippen LogP contribution is 2.18. The van der Waals surface area contributed by atoms with Crippen molar-refractivity contribution in [3.8, 4) is 0 Å². The van der Waals surface area contributed by atoms with Gasteiger partial charge in [-0.1, -0.05) is 11.6 Å². The number of pyridine rings is 2. The maximum atomic E-state index is 12.2. The first-order valence-electron chi connectivity index (χ1n) is 4.98. The fraction of sp³-hybridized carbons (Fsp3) is 0.0833. The molecule has 2 heterocycles. The fourth-order valence-electron chi connectivity index (χ4n) is 1.40. The van der Waals surface area contributed by atoms with Gasteiger partial charge in [0.05, 0.1) is 22.5 Å². The van der Waals surface area contributed by atoms with Gasteiger partial charge in [0, 0.05) is 25.6 Å². The Balaban J connectivity index is 2.30.